The van der Waals surface area contributed by atoms with Crippen LogP contribution >= 0.6 is 0 Å². The molecule has 6 rings (SSSR count). The fourth-order valence-electron chi connectivity index (χ4n) is 5.62. The normalized spacial score (nSPS) is 16.3. The molecular formula is C30H36F2N7+. The lowest BCUT2D eigenvalue weighted by Gasteiger charge is -2.29. The molecule has 39 heavy (non-hydrogen) atoms. The minimum atomic E-state index is -0.599. The predicted octanol–water partition coefficient (Wildman–Crippen LogP) is 5.03. The van der Waals surface area contributed by atoms with Crippen molar-refractivity contribution < 1.29 is 13.3 Å². The van der Waals surface area contributed by atoms with Gasteiger partial charge in [0, 0.05) is 49.9 Å². The summed E-state index contributed by atoms with van der Waals surface area (Å²) >= 11 is 0. The molecule has 1 saturated carbocycles. The van der Waals surface area contributed by atoms with Crippen LogP contribution in [0.15, 0.2) is 49.2 Å². The summed E-state index contributed by atoms with van der Waals surface area (Å²) in [6.45, 7) is 7.43. The van der Waals surface area contributed by atoms with E-state index in [4.69, 9.17) is 0 Å². The molecule has 0 unspecified atom stereocenters. The summed E-state index contributed by atoms with van der Waals surface area (Å²) in [4.78, 5) is 13.2. The lowest BCUT2D eigenvalue weighted by molar-refractivity contribution is -0.658. The quantitative estimate of drug-likeness (QED) is 0.307. The van der Waals surface area contributed by atoms with Crippen molar-refractivity contribution in [3.63, 3.8) is 0 Å². The fraction of sp³-hybridized carbons (Fsp3) is 0.433. The van der Waals surface area contributed by atoms with Gasteiger partial charge in [-0.25, -0.2) is 23.3 Å². The summed E-state index contributed by atoms with van der Waals surface area (Å²) in [6, 6.07) is 6.95. The molecule has 9 heteroatoms. The highest BCUT2D eigenvalue weighted by molar-refractivity contribution is 5.92. The summed E-state index contributed by atoms with van der Waals surface area (Å²) in [5, 5.41) is 3.20. The lowest BCUT2D eigenvalue weighted by Crippen LogP contribution is -2.50. The molecule has 4 aromatic rings. The number of rotatable bonds is 9. The van der Waals surface area contributed by atoms with Crippen molar-refractivity contribution in [3.8, 4) is 16.8 Å². The number of hydrogen-bond donors (Lipinski definition) is 1. The molecule has 1 aliphatic heterocycles. The Balaban J connectivity index is 1.52. The van der Waals surface area contributed by atoms with Gasteiger partial charge in [-0.1, -0.05) is 19.8 Å². The van der Waals surface area contributed by atoms with Gasteiger partial charge in [-0.3, -0.25) is 9.80 Å². The number of pyridine rings is 1. The van der Waals surface area contributed by atoms with Crippen molar-refractivity contribution in [3.05, 3.63) is 60.8 Å². The number of fused-ring (bicyclic) bond motifs is 1. The Bertz CT molecular complexity index is 1460. The first-order valence-corrected chi connectivity index (χ1v) is 14.0. The predicted molar refractivity (Wildman–Crippen MR) is 150 cm³/mol. The number of halogens is 2. The zero-order chi connectivity index (χ0) is 26.9. The highest BCUT2D eigenvalue weighted by Crippen LogP contribution is 2.36. The first-order valence-electron chi connectivity index (χ1n) is 14.0. The number of nitrogens with zero attached hydrogens (tertiary/aromatic N) is 6. The van der Waals surface area contributed by atoms with Gasteiger partial charge in [0.2, 0.25) is 0 Å². The molecule has 0 atom stereocenters. The molecule has 0 bridgehead atoms. The molecular weight excluding hydrogens is 496 g/mol. The third kappa shape index (κ3) is 5.07. The molecule has 1 aliphatic carbocycles. The Morgan fingerprint density at radius 3 is 2.51 bits per heavy atom. The maximum Gasteiger partial charge on any atom is 0.277 e. The number of likely N-dealkylation sites (N-methyl/N-ethyl adjacent to an activating group) is 1. The molecule has 3 aromatic heterocycles. The topological polar surface area (TPSA) is 53.1 Å². The summed E-state index contributed by atoms with van der Waals surface area (Å²) in [5.74, 6) is 0.666. The van der Waals surface area contributed by atoms with E-state index in [1.807, 2.05) is 12.3 Å². The van der Waals surface area contributed by atoms with Gasteiger partial charge >= 0.3 is 0 Å². The third-order valence-corrected chi connectivity index (χ3v) is 7.97. The van der Waals surface area contributed by atoms with Crippen molar-refractivity contribution in [1.82, 2.24) is 19.4 Å². The Kier molecular flexibility index (Phi) is 7.16. The van der Waals surface area contributed by atoms with Crippen LogP contribution in [0.3, 0.4) is 0 Å². The molecule has 4 heterocycles. The molecule has 7 nitrogen and oxygen atoms in total. The van der Waals surface area contributed by atoms with Crippen LogP contribution in [-0.4, -0.2) is 59.2 Å². The van der Waals surface area contributed by atoms with Crippen molar-refractivity contribution in [1.29, 1.82) is 0 Å². The highest BCUT2D eigenvalue weighted by atomic mass is 19.1. The highest BCUT2D eigenvalue weighted by Gasteiger charge is 2.29. The van der Waals surface area contributed by atoms with Gasteiger partial charge in [0.05, 0.1) is 36.4 Å². The largest absolute Gasteiger partial charge is 0.383 e. The summed E-state index contributed by atoms with van der Waals surface area (Å²) in [6.07, 6.45) is 11.3. The zero-order valence-corrected chi connectivity index (χ0v) is 22.7. The second-order valence-electron chi connectivity index (χ2n) is 10.8. The van der Waals surface area contributed by atoms with E-state index >= 15 is 8.78 Å². The van der Waals surface area contributed by atoms with E-state index in [2.05, 4.69) is 49.7 Å². The van der Waals surface area contributed by atoms with Crippen LogP contribution in [0.25, 0.3) is 27.8 Å². The van der Waals surface area contributed by atoms with E-state index in [9.17, 15) is 0 Å². The van der Waals surface area contributed by atoms with E-state index in [-0.39, 0.29) is 5.69 Å². The number of aromatic nitrogens is 4. The average Bonchev–Trinajstić information content (AvgIpc) is 3.70. The van der Waals surface area contributed by atoms with Crippen LogP contribution in [0.2, 0.25) is 0 Å². The Morgan fingerprint density at radius 2 is 1.79 bits per heavy atom. The molecule has 2 aliphatic rings. The van der Waals surface area contributed by atoms with Gasteiger partial charge < -0.3 is 9.88 Å². The van der Waals surface area contributed by atoms with Crippen molar-refractivity contribution in [2.45, 2.75) is 39.2 Å². The number of hydrogen-bond acceptors (Lipinski definition) is 5. The summed E-state index contributed by atoms with van der Waals surface area (Å²) in [5.41, 5.74) is 3.58. The molecule has 0 radical (unpaired) electrons. The molecule has 0 amide bonds. The second kappa shape index (κ2) is 10.9. The smallest absolute Gasteiger partial charge is 0.277 e. The number of anilines is 2. The van der Waals surface area contributed by atoms with Gasteiger partial charge in [-0.2, -0.15) is 0 Å². The first-order chi connectivity index (χ1) is 19.0. The number of aryl methyl sites for hydroxylation is 1. The van der Waals surface area contributed by atoms with Crippen LogP contribution in [0.4, 0.5) is 20.3 Å². The maximum absolute atomic E-state index is 16.0. The number of piperazine rings is 1. The van der Waals surface area contributed by atoms with Crippen LogP contribution < -0.4 is 14.8 Å². The van der Waals surface area contributed by atoms with Crippen LogP contribution in [0, 0.1) is 17.6 Å². The number of nitrogens with one attached hydrogen (secondary N) is 1. The van der Waals surface area contributed by atoms with Gasteiger partial charge in [0.15, 0.2) is 11.3 Å². The van der Waals surface area contributed by atoms with Crippen LogP contribution in [0.1, 0.15) is 32.6 Å². The van der Waals surface area contributed by atoms with Crippen molar-refractivity contribution in [2.75, 3.05) is 50.0 Å². The third-order valence-electron chi connectivity index (χ3n) is 7.97. The van der Waals surface area contributed by atoms with Gasteiger partial charge in [-0.15, -0.1) is 0 Å². The van der Waals surface area contributed by atoms with E-state index in [0.717, 1.165) is 79.5 Å². The SMILES string of the molecule is CCC[n+]1c(N2CCN(C)CC2)ccc2c1c(-c1cncnc1)cn2-c1c(F)ccc(NCCC2CC2)c1F. The summed E-state index contributed by atoms with van der Waals surface area (Å²) < 4.78 is 35.4. The zero-order valence-electron chi connectivity index (χ0n) is 22.7. The van der Waals surface area contributed by atoms with Gasteiger partial charge in [0.25, 0.3) is 5.82 Å². The lowest BCUT2D eigenvalue weighted by atomic mass is 10.1. The maximum atomic E-state index is 16.0. The van der Waals surface area contributed by atoms with Gasteiger partial charge in [-0.05, 0) is 44.0 Å². The minimum Gasteiger partial charge on any atom is -0.383 e. The van der Waals surface area contributed by atoms with Crippen molar-refractivity contribution >= 4 is 22.5 Å². The molecule has 1 N–H and O–H groups in total. The van der Waals surface area contributed by atoms with Crippen molar-refractivity contribution in [2.24, 2.45) is 5.92 Å². The Morgan fingerprint density at radius 1 is 1.03 bits per heavy atom. The molecule has 1 saturated heterocycles. The van der Waals surface area contributed by atoms with Gasteiger partial charge in [0.1, 0.15) is 17.8 Å². The molecule has 2 fully saturated rings. The van der Waals surface area contributed by atoms with Crippen LogP contribution in [-0.2, 0) is 6.54 Å². The van der Waals surface area contributed by atoms with E-state index in [1.165, 1.54) is 31.3 Å². The fourth-order valence-corrected chi connectivity index (χ4v) is 5.62. The van der Waals surface area contributed by atoms with E-state index in [1.54, 1.807) is 17.0 Å². The second-order valence-corrected chi connectivity index (χ2v) is 10.8. The van der Waals surface area contributed by atoms with E-state index in [0.29, 0.717) is 12.2 Å². The Hall–Kier alpha value is -3.59. The summed E-state index contributed by atoms with van der Waals surface area (Å²) in [7, 11) is 2.15. The Labute approximate surface area is 228 Å². The number of benzene rings is 1. The molecule has 0 spiro atoms. The van der Waals surface area contributed by atoms with E-state index < -0.39 is 11.6 Å². The first kappa shape index (κ1) is 25.7. The molecule has 204 valence electrons. The van der Waals surface area contributed by atoms with Crippen LogP contribution in [0.5, 0.6) is 0 Å². The monoisotopic (exact) mass is 532 g/mol. The standard InChI is InChI=1S/C30H36F2N7/c1-3-12-38-27(37-15-13-36(2)14-16-37)9-8-26-29(38)23(22-17-33-20-34-18-22)19-39(26)30-24(31)6-7-25(28(30)32)35-11-10-21-4-5-21/h6-9,17-21,35H,3-5,10-16H2,1-2H3/q+1. The minimum absolute atomic E-state index is 0.0742. The molecule has 1 aromatic carbocycles. The average molecular weight is 533 g/mol.